The monoisotopic (exact) mass is 546 g/mol. The fourth-order valence-corrected chi connectivity index (χ4v) is 4.75. The van der Waals surface area contributed by atoms with Crippen LogP contribution in [0.5, 0.6) is 11.5 Å². The Kier molecular flexibility index (Phi) is 8.73. The Morgan fingerprint density at radius 2 is 1.80 bits per heavy atom. The van der Waals surface area contributed by atoms with Crippen LogP contribution in [0.15, 0.2) is 72.9 Å². The van der Waals surface area contributed by atoms with Gasteiger partial charge in [0.05, 0.1) is 25.6 Å². The molecule has 210 valence electrons. The molecule has 0 spiro atoms. The molecular formula is C30H34N4O6. The van der Waals surface area contributed by atoms with Gasteiger partial charge in [-0.05, 0) is 46.9 Å². The van der Waals surface area contributed by atoms with E-state index in [1.807, 2.05) is 42.5 Å². The molecule has 4 N–H and O–H groups in total. The number of benzene rings is 3. The smallest absolute Gasteiger partial charge is 0.180 e. The summed E-state index contributed by atoms with van der Waals surface area (Å²) >= 11 is 0. The van der Waals surface area contributed by atoms with Crippen LogP contribution in [-0.2, 0) is 24.4 Å². The normalized spacial score (nSPS) is 20.8. The van der Waals surface area contributed by atoms with Crippen LogP contribution in [0, 0.1) is 6.92 Å². The molecule has 0 bridgehead atoms. The number of aliphatic hydroxyl groups excluding tert-OH is 3. The van der Waals surface area contributed by atoms with Crippen molar-refractivity contribution in [3.8, 4) is 22.6 Å². The number of aromatic nitrogens is 3. The standard InChI is InChI=1S/C30H34N4O6/c1-19-22(9-6-10-24(19)21-7-4-3-5-8-21)17-39-27-13-20(11-12-26(27)38-2)14-31-15-23-16-34(33-32-23)30-29(37)28(36)25(35)18-40-30/h3-13,16,25,28-31,35-37H,14-15,17-18H2,1-2H3/t25-,28+,29+,30+/m0/s1. The molecule has 0 saturated carbocycles. The highest BCUT2D eigenvalue weighted by atomic mass is 16.5. The third-order valence-corrected chi connectivity index (χ3v) is 7.07. The van der Waals surface area contributed by atoms with Crippen molar-refractivity contribution >= 4 is 0 Å². The van der Waals surface area contributed by atoms with Crippen molar-refractivity contribution in [2.24, 2.45) is 0 Å². The average molecular weight is 547 g/mol. The minimum atomic E-state index is -1.31. The molecule has 10 nitrogen and oxygen atoms in total. The predicted octanol–water partition coefficient (Wildman–Crippen LogP) is 2.74. The first-order chi connectivity index (χ1) is 19.4. The zero-order valence-electron chi connectivity index (χ0n) is 22.5. The van der Waals surface area contributed by atoms with Gasteiger partial charge < -0.3 is 34.8 Å². The molecule has 10 heteroatoms. The first-order valence-corrected chi connectivity index (χ1v) is 13.2. The quantitative estimate of drug-likeness (QED) is 0.237. The number of hydrogen-bond donors (Lipinski definition) is 4. The maximum atomic E-state index is 10.2. The van der Waals surface area contributed by atoms with Crippen molar-refractivity contribution in [1.82, 2.24) is 20.3 Å². The Balaban J connectivity index is 1.20. The Morgan fingerprint density at radius 3 is 2.60 bits per heavy atom. The number of methoxy groups -OCH3 is 1. The lowest BCUT2D eigenvalue weighted by atomic mass is 9.97. The van der Waals surface area contributed by atoms with Gasteiger partial charge in [0.1, 0.15) is 24.9 Å². The molecule has 4 atom stereocenters. The lowest BCUT2D eigenvalue weighted by Gasteiger charge is -2.34. The van der Waals surface area contributed by atoms with Gasteiger partial charge >= 0.3 is 0 Å². The van der Waals surface area contributed by atoms with Crippen molar-refractivity contribution < 1.29 is 29.5 Å². The summed E-state index contributed by atoms with van der Waals surface area (Å²) in [6, 6.07) is 22.4. The van der Waals surface area contributed by atoms with E-state index < -0.39 is 24.5 Å². The molecule has 5 rings (SSSR count). The third-order valence-electron chi connectivity index (χ3n) is 7.07. The number of aliphatic hydroxyl groups is 3. The van der Waals surface area contributed by atoms with Gasteiger partial charge in [-0.3, -0.25) is 0 Å². The first kappa shape index (κ1) is 27.8. The summed E-state index contributed by atoms with van der Waals surface area (Å²) in [5, 5.41) is 41.2. The largest absolute Gasteiger partial charge is 0.493 e. The molecule has 1 aliphatic heterocycles. The zero-order chi connectivity index (χ0) is 28.1. The summed E-state index contributed by atoms with van der Waals surface area (Å²) in [5.41, 5.74) is 6.27. The fraction of sp³-hybridized carbons (Fsp3) is 0.333. The van der Waals surface area contributed by atoms with Gasteiger partial charge in [0.25, 0.3) is 0 Å². The fourth-order valence-electron chi connectivity index (χ4n) is 4.75. The topological polar surface area (TPSA) is 131 Å². The molecule has 4 aromatic rings. The second-order valence-corrected chi connectivity index (χ2v) is 9.80. The van der Waals surface area contributed by atoms with E-state index in [0.717, 1.165) is 11.1 Å². The van der Waals surface area contributed by atoms with Gasteiger partial charge in [0, 0.05) is 13.1 Å². The van der Waals surface area contributed by atoms with Gasteiger partial charge in [-0.2, -0.15) is 0 Å². The van der Waals surface area contributed by atoms with E-state index >= 15 is 0 Å². The van der Waals surface area contributed by atoms with Crippen LogP contribution in [-0.4, -0.2) is 62.3 Å². The highest BCUT2D eigenvalue weighted by Crippen LogP contribution is 2.31. The summed E-state index contributed by atoms with van der Waals surface area (Å²) < 4.78 is 18.5. The van der Waals surface area contributed by atoms with E-state index in [4.69, 9.17) is 14.2 Å². The lowest BCUT2D eigenvalue weighted by Crippen LogP contribution is -2.50. The molecule has 40 heavy (non-hydrogen) atoms. The highest BCUT2D eigenvalue weighted by Gasteiger charge is 2.39. The molecule has 1 aliphatic rings. The van der Waals surface area contributed by atoms with Gasteiger partial charge in [-0.15, -0.1) is 5.10 Å². The molecule has 0 unspecified atom stereocenters. The maximum absolute atomic E-state index is 10.2. The Labute approximate surface area is 232 Å². The Bertz CT molecular complexity index is 1410. The van der Waals surface area contributed by atoms with Crippen LogP contribution in [0.3, 0.4) is 0 Å². The van der Waals surface area contributed by atoms with E-state index in [2.05, 4.69) is 46.8 Å². The lowest BCUT2D eigenvalue weighted by molar-refractivity contribution is -0.214. The Hall–Kier alpha value is -3.80. The predicted molar refractivity (Wildman–Crippen MR) is 148 cm³/mol. The summed E-state index contributed by atoms with van der Waals surface area (Å²) in [5.74, 6) is 1.31. The summed E-state index contributed by atoms with van der Waals surface area (Å²) in [6.45, 7) is 3.38. The number of rotatable bonds is 10. The second-order valence-electron chi connectivity index (χ2n) is 9.80. The third kappa shape index (κ3) is 6.16. The minimum Gasteiger partial charge on any atom is -0.493 e. The van der Waals surface area contributed by atoms with E-state index in [0.29, 0.717) is 36.9 Å². The van der Waals surface area contributed by atoms with Crippen LogP contribution >= 0.6 is 0 Å². The molecule has 0 aliphatic carbocycles. The molecule has 1 fully saturated rings. The van der Waals surface area contributed by atoms with Crippen molar-refractivity contribution in [2.75, 3.05) is 13.7 Å². The van der Waals surface area contributed by atoms with Crippen LogP contribution in [0.25, 0.3) is 11.1 Å². The zero-order valence-corrected chi connectivity index (χ0v) is 22.5. The SMILES string of the molecule is COc1ccc(CNCc2cn([C@@H]3OC[C@H](O)[C@@H](O)[C@H]3O)nn2)cc1OCc1cccc(-c2ccccc2)c1C. The van der Waals surface area contributed by atoms with Gasteiger partial charge in [-0.1, -0.05) is 59.8 Å². The average Bonchev–Trinajstić information content (AvgIpc) is 3.44. The van der Waals surface area contributed by atoms with Crippen LogP contribution in [0.1, 0.15) is 28.6 Å². The van der Waals surface area contributed by atoms with Crippen molar-refractivity contribution in [2.45, 2.75) is 51.2 Å². The van der Waals surface area contributed by atoms with Crippen LogP contribution in [0.4, 0.5) is 0 Å². The summed E-state index contributed by atoms with van der Waals surface area (Å²) in [6.07, 6.45) is -3.04. The molecule has 2 heterocycles. The first-order valence-electron chi connectivity index (χ1n) is 13.2. The second kappa shape index (κ2) is 12.6. The van der Waals surface area contributed by atoms with E-state index in [-0.39, 0.29) is 6.61 Å². The molecule has 0 amide bonds. The van der Waals surface area contributed by atoms with Gasteiger partial charge in [0.15, 0.2) is 17.7 Å². The minimum absolute atomic E-state index is 0.101. The molecule has 1 aromatic heterocycles. The summed E-state index contributed by atoms with van der Waals surface area (Å²) in [7, 11) is 1.62. The highest BCUT2D eigenvalue weighted by molar-refractivity contribution is 5.68. The van der Waals surface area contributed by atoms with Crippen molar-refractivity contribution in [3.05, 3.63) is 95.3 Å². The van der Waals surface area contributed by atoms with Gasteiger partial charge in [0.2, 0.25) is 0 Å². The van der Waals surface area contributed by atoms with Crippen molar-refractivity contribution in [1.29, 1.82) is 0 Å². The number of nitrogens with zero attached hydrogens (tertiary/aromatic N) is 3. The molecule has 0 radical (unpaired) electrons. The van der Waals surface area contributed by atoms with Crippen LogP contribution < -0.4 is 14.8 Å². The summed E-state index contributed by atoms with van der Waals surface area (Å²) in [4.78, 5) is 0. The molecule has 1 saturated heterocycles. The maximum Gasteiger partial charge on any atom is 0.180 e. The number of ether oxygens (including phenoxy) is 3. The molecule has 3 aromatic carbocycles. The van der Waals surface area contributed by atoms with Crippen LogP contribution in [0.2, 0.25) is 0 Å². The molecular weight excluding hydrogens is 512 g/mol. The number of hydrogen-bond acceptors (Lipinski definition) is 9. The van der Waals surface area contributed by atoms with Crippen molar-refractivity contribution in [3.63, 3.8) is 0 Å². The number of nitrogens with one attached hydrogen (secondary N) is 1. The van der Waals surface area contributed by atoms with E-state index in [1.165, 1.54) is 21.4 Å². The van der Waals surface area contributed by atoms with E-state index in [1.54, 1.807) is 13.3 Å². The van der Waals surface area contributed by atoms with Gasteiger partial charge in [-0.25, -0.2) is 4.68 Å². The van der Waals surface area contributed by atoms with E-state index in [9.17, 15) is 15.3 Å². The Morgan fingerprint density at radius 1 is 0.975 bits per heavy atom.